The molecule has 0 aliphatic heterocycles. The maximum absolute atomic E-state index is 14.2. The van der Waals surface area contributed by atoms with Crippen molar-refractivity contribution in [2.24, 2.45) is 0 Å². The van der Waals surface area contributed by atoms with E-state index in [0.717, 1.165) is 27.9 Å². The van der Waals surface area contributed by atoms with Gasteiger partial charge in [-0.1, -0.05) is 91.0 Å². The molecular formula is C27H28NO3P. The number of hydrogen-bond acceptors (Lipinski definition) is 3. The summed E-state index contributed by atoms with van der Waals surface area (Å²) >= 11 is 0. The highest BCUT2D eigenvalue weighted by Crippen LogP contribution is 2.51. The van der Waals surface area contributed by atoms with Crippen LogP contribution in [0.1, 0.15) is 19.4 Å². The van der Waals surface area contributed by atoms with E-state index in [0.29, 0.717) is 25.2 Å². The Hall–Kier alpha value is -2.91. The van der Waals surface area contributed by atoms with Crippen molar-refractivity contribution in [3.63, 3.8) is 0 Å². The lowest BCUT2D eigenvalue weighted by molar-refractivity contribution is 0.228. The molecule has 3 aromatic carbocycles. The minimum absolute atomic E-state index is 0.294. The fraction of sp³-hybridized carbons (Fsp3) is 0.185. The summed E-state index contributed by atoms with van der Waals surface area (Å²) in [4.78, 5) is 0. The molecule has 32 heavy (non-hydrogen) atoms. The van der Waals surface area contributed by atoms with Crippen molar-refractivity contribution in [3.8, 4) is 22.4 Å². The van der Waals surface area contributed by atoms with Gasteiger partial charge in [-0.2, -0.15) is 0 Å². The molecule has 0 aliphatic carbocycles. The van der Waals surface area contributed by atoms with Crippen LogP contribution in [-0.4, -0.2) is 17.8 Å². The Morgan fingerprint density at radius 1 is 0.719 bits per heavy atom. The molecule has 0 N–H and O–H groups in total. The minimum Gasteiger partial charge on any atom is -0.329 e. The molecule has 164 valence electrons. The molecule has 4 nitrogen and oxygen atoms in total. The maximum Gasteiger partial charge on any atom is 0.378 e. The van der Waals surface area contributed by atoms with E-state index in [1.807, 2.05) is 80.6 Å². The van der Waals surface area contributed by atoms with Crippen LogP contribution < -0.4 is 5.44 Å². The van der Waals surface area contributed by atoms with Gasteiger partial charge < -0.3 is 13.6 Å². The van der Waals surface area contributed by atoms with Crippen LogP contribution in [0.4, 0.5) is 0 Å². The fourth-order valence-corrected chi connectivity index (χ4v) is 5.90. The van der Waals surface area contributed by atoms with Crippen LogP contribution in [0.5, 0.6) is 0 Å². The van der Waals surface area contributed by atoms with Crippen LogP contribution >= 0.6 is 7.60 Å². The van der Waals surface area contributed by atoms with E-state index >= 15 is 0 Å². The third-order valence-corrected chi connectivity index (χ3v) is 7.46. The SMILES string of the molecule is CCOP(=O)(OCC)c1c(-c2ccccc2)cc(-c2ccccc2)n1Cc1ccccc1. The molecule has 5 heteroatoms. The third kappa shape index (κ3) is 4.63. The summed E-state index contributed by atoms with van der Waals surface area (Å²) in [5.41, 5.74) is 5.57. The third-order valence-electron chi connectivity index (χ3n) is 5.26. The molecule has 0 atom stereocenters. The number of nitrogens with zero attached hydrogens (tertiary/aromatic N) is 1. The molecule has 4 rings (SSSR count). The van der Waals surface area contributed by atoms with Gasteiger partial charge in [0.2, 0.25) is 0 Å². The zero-order valence-corrected chi connectivity index (χ0v) is 19.4. The average molecular weight is 445 g/mol. The first kappa shape index (κ1) is 22.3. The topological polar surface area (TPSA) is 40.5 Å². The lowest BCUT2D eigenvalue weighted by atomic mass is 10.1. The normalized spacial score (nSPS) is 11.6. The Morgan fingerprint density at radius 3 is 1.75 bits per heavy atom. The summed E-state index contributed by atoms with van der Waals surface area (Å²) in [6.45, 7) is 4.83. The second-order valence-corrected chi connectivity index (χ2v) is 9.34. The summed E-state index contributed by atoms with van der Waals surface area (Å²) < 4.78 is 28.0. The molecule has 0 amide bonds. The van der Waals surface area contributed by atoms with Gasteiger partial charge in [0.15, 0.2) is 0 Å². The standard InChI is InChI=1S/C27H28NO3P/c1-3-30-32(29,31-4-2)27-25(23-16-10-6-11-17-23)20-26(24-18-12-7-13-19-24)28(27)21-22-14-8-5-9-15-22/h5-20H,3-4,21H2,1-2H3. The highest BCUT2D eigenvalue weighted by molar-refractivity contribution is 7.62. The van der Waals surface area contributed by atoms with Crippen molar-refractivity contribution in [1.82, 2.24) is 4.57 Å². The summed E-state index contributed by atoms with van der Waals surface area (Å²) in [6.07, 6.45) is 0. The summed E-state index contributed by atoms with van der Waals surface area (Å²) in [5, 5.41) is 0. The van der Waals surface area contributed by atoms with Crippen molar-refractivity contribution >= 4 is 13.0 Å². The monoisotopic (exact) mass is 445 g/mol. The van der Waals surface area contributed by atoms with Gasteiger partial charge in [0.05, 0.1) is 13.2 Å². The van der Waals surface area contributed by atoms with Crippen LogP contribution in [0.2, 0.25) is 0 Å². The first-order chi connectivity index (χ1) is 15.7. The Labute approximate surface area is 190 Å². The van der Waals surface area contributed by atoms with Gasteiger partial charge in [-0.3, -0.25) is 4.57 Å². The highest BCUT2D eigenvalue weighted by Gasteiger charge is 2.36. The molecule has 0 saturated carbocycles. The van der Waals surface area contributed by atoms with Gasteiger partial charge in [0, 0.05) is 17.8 Å². The quantitative estimate of drug-likeness (QED) is 0.267. The zero-order valence-electron chi connectivity index (χ0n) is 18.5. The highest BCUT2D eigenvalue weighted by atomic mass is 31.2. The zero-order chi connectivity index (χ0) is 22.4. The van der Waals surface area contributed by atoms with Gasteiger partial charge in [-0.05, 0) is 36.6 Å². The Balaban J connectivity index is 2.03. The van der Waals surface area contributed by atoms with Gasteiger partial charge in [-0.15, -0.1) is 0 Å². The van der Waals surface area contributed by atoms with Crippen LogP contribution in [-0.2, 0) is 20.2 Å². The average Bonchev–Trinajstić information content (AvgIpc) is 3.21. The molecule has 0 saturated heterocycles. The molecule has 0 fully saturated rings. The molecule has 4 aromatic rings. The molecule has 0 aliphatic rings. The largest absolute Gasteiger partial charge is 0.378 e. The minimum atomic E-state index is -3.59. The summed E-state index contributed by atoms with van der Waals surface area (Å²) in [5.74, 6) is 0. The van der Waals surface area contributed by atoms with Crippen LogP contribution in [0, 0.1) is 0 Å². The fourth-order valence-electron chi connectivity index (χ4n) is 3.94. The number of hydrogen-bond donors (Lipinski definition) is 0. The molecule has 1 heterocycles. The summed E-state index contributed by atoms with van der Waals surface area (Å²) in [7, 11) is -3.59. The first-order valence-electron chi connectivity index (χ1n) is 10.9. The molecule has 0 bridgehead atoms. The number of benzene rings is 3. The van der Waals surface area contributed by atoms with Gasteiger partial charge in [0.1, 0.15) is 5.44 Å². The van der Waals surface area contributed by atoms with Crippen molar-refractivity contribution in [2.75, 3.05) is 13.2 Å². The smallest absolute Gasteiger partial charge is 0.329 e. The van der Waals surface area contributed by atoms with Gasteiger partial charge in [-0.25, -0.2) is 0 Å². The first-order valence-corrected chi connectivity index (χ1v) is 12.5. The van der Waals surface area contributed by atoms with E-state index in [1.165, 1.54) is 0 Å². The van der Waals surface area contributed by atoms with Gasteiger partial charge in [0.25, 0.3) is 0 Å². The number of rotatable bonds is 9. The maximum atomic E-state index is 14.2. The Kier molecular flexibility index (Phi) is 7.06. The molecule has 0 spiro atoms. The number of aromatic nitrogens is 1. The second-order valence-electron chi connectivity index (χ2n) is 7.40. The molecule has 0 unspecified atom stereocenters. The van der Waals surface area contributed by atoms with Crippen molar-refractivity contribution in [1.29, 1.82) is 0 Å². The van der Waals surface area contributed by atoms with Crippen molar-refractivity contribution in [3.05, 3.63) is 103 Å². The van der Waals surface area contributed by atoms with E-state index < -0.39 is 7.60 Å². The lowest BCUT2D eigenvalue weighted by Gasteiger charge is -2.22. The van der Waals surface area contributed by atoms with Gasteiger partial charge >= 0.3 is 7.60 Å². The van der Waals surface area contributed by atoms with Crippen molar-refractivity contribution in [2.45, 2.75) is 20.4 Å². The summed E-state index contributed by atoms with van der Waals surface area (Å²) in [6, 6.07) is 32.5. The van der Waals surface area contributed by atoms with E-state index in [1.54, 1.807) is 0 Å². The molecule has 1 aromatic heterocycles. The second kappa shape index (κ2) is 10.1. The van der Waals surface area contributed by atoms with Crippen molar-refractivity contribution < 1.29 is 13.6 Å². The Bertz CT molecular complexity index is 1180. The van der Waals surface area contributed by atoms with Crippen LogP contribution in [0.3, 0.4) is 0 Å². The van der Waals surface area contributed by atoms with E-state index in [9.17, 15) is 4.57 Å². The molecule has 0 radical (unpaired) electrons. The van der Waals surface area contributed by atoms with E-state index in [-0.39, 0.29) is 0 Å². The van der Waals surface area contributed by atoms with Crippen LogP contribution in [0.25, 0.3) is 22.4 Å². The van der Waals surface area contributed by atoms with E-state index in [4.69, 9.17) is 9.05 Å². The molecular weight excluding hydrogens is 417 g/mol. The van der Waals surface area contributed by atoms with Crippen LogP contribution in [0.15, 0.2) is 97.1 Å². The predicted molar refractivity (Wildman–Crippen MR) is 131 cm³/mol. The van der Waals surface area contributed by atoms with E-state index in [2.05, 4.69) is 34.9 Å². The Morgan fingerprint density at radius 2 is 1.22 bits per heavy atom. The lowest BCUT2D eigenvalue weighted by Crippen LogP contribution is -2.23. The predicted octanol–water partition coefficient (Wildman–Crippen LogP) is 6.76.